The molecule has 0 aliphatic carbocycles. The van der Waals surface area contributed by atoms with E-state index in [2.05, 4.69) is 5.32 Å². The van der Waals surface area contributed by atoms with Crippen molar-refractivity contribution >= 4 is 11.7 Å². The molecule has 3 nitrogen and oxygen atoms in total. The minimum Gasteiger partial charge on any atom is -0.480 e. The minimum atomic E-state index is -1.13. The van der Waals surface area contributed by atoms with Crippen LogP contribution in [0.3, 0.4) is 0 Å². The smallest absolute Gasteiger partial charge is 0.329 e. The van der Waals surface area contributed by atoms with Crippen molar-refractivity contribution < 1.29 is 14.3 Å². The molecule has 0 fully saturated rings. The molecule has 88 valence electrons. The summed E-state index contributed by atoms with van der Waals surface area (Å²) in [5, 5.41) is 11.9. The van der Waals surface area contributed by atoms with Gasteiger partial charge in [-0.3, -0.25) is 0 Å². The third kappa shape index (κ3) is 2.72. The summed E-state index contributed by atoms with van der Waals surface area (Å²) in [6.07, 6.45) is 1.15. The van der Waals surface area contributed by atoms with E-state index >= 15 is 0 Å². The number of benzene rings is 1. The van der Waals surface area contributed by atoms with Gasteiger partial charge in [0.2, 0.25) is 0 Å². The molecule has 0 heterocycles. The lowest BCUT2D eigenvalue weighted by molar-refractivity contribution is -0.141. The number of carboxylic acids is 1. The molecule has 0 aliphatic heterocycles. The average molecular weight is 225 g/mol. The van der Waals surface area contributed by atoms with E-state index in [1.165, 1.54) is 12.1 Å². The molecule has 0 aromatic heterocycles. The third-order valence-corrected chi connectivity index (χ3v) is 2.51. The summed E-state index contributed by atoms with van der Waals surface area (Å²) >= 11 is 0. The highest BCUT2D eigenvalue weighted by atomic mass is 19.1. The number of nitrogens with one attached hydrogen (secondary N) is 1. The average Bonchev–Trinajstić information content (AvgIpc) is 2.21. The molecule has 0 spiro atoms. The fourth-order valence-electron chi connectivity index (χ4n) is 1.58. The molecule has 0 amide bonds. The van der Waals surface area contributed by atoms with Crippen LogP contribution in [0.1, 0.15) is 26.7 Å². The van der Waals surface area contributed by atoms with Gasteiger partial charge in [0.05, 0.1) is 5.69 Å². The summed E-state index contributed by atoms with van der Waals surface area (Å²) < 4.78 is 13.4. The summed E-state index contributed by atoms with van der Waals surface area (Å²) in [5.41, 5.74) is -0.905. The first kappa shape index (κ1) is 12.5. The molecule has 0 aliphatic rings. The Hall–Kier alpha value is -1.58. The van der Waals surface area contributed by atoms with Gasteiger partial charge in [-0.15, -0.1) is 0 Å². The van der Waals surface area contributed by atoms with Crippen molar-refractivity contribution in [1.82, 2.24) is 0 Å². The molecule has 1 unspecified atom stereocenters. The topological polar surface area (TPSA) is 49.3 Å². The molecule has 16 heavy (non-hydrogen) atoms. The number of hydrogen-bond acceptors (Lipinski definition) is 2. The molecule has 1 atom stereocenters. The molecule has 2 N–H and O–H groups in total. The SMILES string of the molecule is CCCC(C)(Nc1ccccc1F)C(=O)O. The zero-order valence-corrected chi connectivity index (χ0v) is 9.46. The molecular formula is C12H16FNO2. The van der Waals surface area contributed by atoms with Crippen LogP contribution < -0.4 is 5.32 Å². The molecule has 0 bridgehead atoms. The summed E-state index contributed by atoms with van der Waals surface area (Å²) in [7, 11) is 0. The fraction of sp³-hybridized carbons (Fsp3) is 0.417. The van der Waals surface area contributed by atoms with Crippen molar-refractivity contribution in [3.63, 3.8) is 0 Å². The second-order valence-electron chi connectivity index (χ2n) is 3.99. The lowest BCUT2D eigenvalue weighted by Crippen LogP contribution is -2.43. The van der Waals surface area contributed by atoms with Crippen LogP contribution in [0.15, 0.2) is 24.3 Å². The molecule has 0 saturated carbocycles. The van der Waals surface area contributed by atoms with E-state index in [-0.39, 0.29) is 5.69 Å². The Morgan fingerprint density at radius 3 is 2.62 bits per heavy atom. The van der Waals surface area contributed by atoms with Crippen LogP contribution >= 0.6 is 0 Å². The van der Waals surface area contributed by atoms with Crippen LogP contribution in [0.2, 0.25) is 0 Å². The Labute approximate surface area is 94.3 Å². The van der Waals surface area contributed by atoms with Crippen LogP contribution in [0, 0.1) is 5.82 Å². The van der Waals surface area contributed by atoms with Crippen LogP contribution in [-0.2, 0) is 4.79 Å². The number of carbonyl (C=O) groups is 1. The quantitative estimate of drug-likeness (QED) is 0.810. The summed E-state index contributed by atoms with van der Waals surface area (Å²) in [5.74, 6) is -1.41. The van der Waals surface area contributed by atoms with Crippen molar-refractivity contribution in [2.24, 2.45) is 0 Å². The number of hydrogen-bond donors (Lipinski definition) is 2. The lowest BCUT2D eigenvalue weighted by Gasteiger charge is -2.27. The first-order valence-electron chi connectivity index (χ1n) is 5.25. The van der Waals surface area contributed by atoms with Crippen molar-refractivity contribution in [2.75, 3.05) is 5.32 Å². The van der Waals surface area contributed by atoms with Crippen LogP contribution in [0.4, 0.5) is 10.1 Å². The van der Waals surface area contributed by atoms with Gasteiger partial charge in [0.25, 0.3) is 0 Å². The monoisotopic (exact) mass is 225 g/mol. The lowest BCUT2D eigenvalue weighted by atomic mass is 9.96. The molecule has 0 radical (unpaired) electrons. The van der Waals surface area contributed by atoms with Crippen LogP contribution in [0.5, 0.6) is 0 Å². The van der Waals surface area contributed by atoms with E-state index in [1.807, 2.05) is 6.92 Å². The van der Waals surface area contributed by atoms with E-state index in [0.29, 0.717) is 12.8 Å². The number of aliphatic carboxylic acids is 1. The Bertz CT molecular complexity index is 381. The van der Waals surface area contributed by atoms with Gasteiger partial charge in [-0.05, 0) is 25.5 Å². The largest absolute Gasteiger partial charge is 0.480 e. The molecule has 0 saturated heterocycles. The van der Waals surface area contributed by atoms with Gasteiger partial charge in [0, 0.05) is 0 Å². The van der Waals surface area contributed by atoms with Gasteiger partial charge in [0.1, 0.15) is 11.4 Å². The second-order valence-corrected chi connectivity index (χ2v) is 3.99. The Kier molecular flexibility index (Phi) is 3.88. The molecule has 1 aromatic rings. The maximum atomic E-state index is 13.4. The van der Waals surface area contributed by atoms with E-state index in [0.717, 1.165) is 0 Å². The molecular weight excluding hydrogens is 209 g/mol. The van der Waals surface area contributed by atoms with Crippen LogP contribution in [-0.4, -0.2) is 16.6 Å². The highest BCUT2D eigenvalue weighted by molar-refractivity contribution is 5.82. The number of carboxylic acid groups (broad SMARTS) is 1. The predicted molar refractivity (Wildman–Crippen MR) is 61.0 cm³/mol. The zero-order valence-electron chi connectivity index (χ0n) is 9.46. The summed E-state index contributed by atoms with van der Waals surface area (Å²) in [6, 6.07) is 6.07. The van der Waals surface area contributed by atoms with Gasteiger partial charge in [0.15, 0.2) is 0 Å². The van der Waals surface area contributed by atoms with E-state index in [9.17, 15) is 9.18 Å². The summed E-state index contributed by atoms with van der Waals surface area (Å²) in [6.45, 7) is 3.45. The number of halogens is 1. The van der Waals surface area contributed by atoms with Crippen molar-refractivity contribution in [3.8, 4) is 0 Å². The van der Waals surface area contributed by atoms with Crippen molar-refractivity contribution in [3.05, 3.63) is 30.1 Å². The molecule has 1 rings (SSSR count). The number of para-hydroxylation sites is 1. The van der Waals surface area contributed by atoms with Gasteiger partial charge >= 0.3 is 5.97 Å². The first-order chi connectivity index (χ1) is 7.49. The van der Waals surface area contributed by atoms with Gasteiger partial charge in [-0.2, -0.15) is 0 Å². The Balaban J connectivity index is 2.92. The fourth-order valence-corrected chi connectivity index (χ4v) is 1.58. The zero-order chi connectivity index (χ0) is 12.2. The highest BCUT2D eigenvalue weighted by Crippen LogP contribution is 2.22. The minimum absolute atomic E-state index is 0.223. The van der Waals surface area contributed by atoms with Gasteiger partial charge < -0.3 is 10.4 Å². The van der Waals surface area contributed by atoms with E-state index in [1.54, 1.807) is 19.1 Å². The maximum absolute atomic E-state index is 13.4. The van der Waals surface area contributed by atoms with Crippen LogP contribution in [0.25, 0.3) is 0 Å². The summed E-state index contributed by atoms with van der Waals surface area (Å²) in [4.78, 5) is 11.1. The van der Waals surface area contributed by atoms with Gasteiger partial charge in [-0.25, -0.2) is 9.18 Å². The van der Waals surface area contributed by atoms with Gasteiger partial charge in [-0.1, -0.05) is 25.5 Å². The van der Waals surface area contributed by atoms with E-state index in [4.69, 9.17) is 5.11 Å². The number of anilines is 1. The first-order valence-corrected chi connectivity index (χ1v) is 5.25. The molecule has 1 aromatic carbocycles. The normalized spacial score (nSPS) is 14.2. The number of rotatable bonds is 5. The Morgan fingerprint density at radius 1 is 1.50 bits per heavy atom. The van der Waals surface area contributed by atoms with Crippen molar-refractivity contribution in [1.29, 1.82) is 0 Å². The van der Waals surface area contributed by atoms with E-state index < -0.39 is 17.3 Å². The highest BCUT2D eigenvalue weighted by Gasteiger charge is 2.32. The third-order valence-electron chi connectivity index (χ3n) is 2.51. The molecule has 4 heteroatoms. The predicted octanol–water partition coefficient (Wildman–Crippen LogP) is 2.88. The maximum Gasteiger partial charge on any atom is 0.329 e. The second kappa shape index (κ2) is 4.96. The Morgan fingerprint density at radius 2 is 2.12 bits per heavy atom. The van der Waals surface area contributed by atoms with Crippen molar-refractivity contribution in [2.45, 2.75) is 32.2 Å². The standard InChI is InChI=1S/C12H16FNO2/c1-3-8-12(2,11(15)16)14-10-7-5-4-6-9(10)13/h4-7,14H,3,8H2,1-2H3,(H,15,16).